The van der Waals surface area contributed by atoms with Crippen molar-refractivity contribution < 1.29 is 18.3 Å². The molecule has 2 unspecified atom stereocenters. The summed E-state index contributed by atoms with van der Waals surface area (Å²) in [5.41, 5.74) is 3.81. The van der Waals surface area contributed by atoms with Crippen molar-refractivity contribution >= 4 is 29.4 Å². The summed E-state index contributed by atoms with van der Waals surface area (Å²) in [5.74, 6) is 4.49. The summed E-state index contributed by atoms with van der Waals surface area (Å²) in [7, 11) is 0. The summed E-state index contributed by atoms with van der Waals surface area (Å²) in [5, 5.41) is 8.38. The summed E-state index contributed by atoms with van der Waals surface area (Å²) in [6, 6.07) is 7.14. The summed E-state index contributed by atoms with van der Waals surface area (Å²) < 4.78 is 32.4. The van der Waals surface area contributed by atoms with E-state index in [0.29, 0.717) is 12.5 Å². The average molecular weight is 508 g/mol. The third kappa shape index (κ3) is 5.10. The first-order chi connectivity index (χ1) is 16.4. The van der Waals surface area contributed by atoms with Gasteiger partial charge in [-0.3, -0.25) is 9.48 Å². The number of nitrogens with one attached hydrogen (secondary N) is 1. The van der Waals surface area contributed by atoms with Gasteiger partial charge in [0.25, 0.3) is 0 Å². The molecular formula is C25H31F2N3O2S2. The molecule has 9 heteroatoms. The molecule has 184 valence electrons. The van der Waals surface area contributed by atoms with E-state index >= 15 is 0 Å². The van der Waals surface area contributed by atoms with Gasteiger partial charge in [0.15, 0.2) is 0 Å². The van der Waals surface area contributed by atoms with Crippen molar-refractivity contribution in [2.24, 2.45) is 5.92 Å². The zero-order valence-corrected chi connectivity index (χ0v) is 21.0. The summed E-state index contributed by atoms with van der Waals surface area (Å²) in [6.07, 6.45) is 5.33. The minimum absolute atomic E-state index is 0.0651. The number of rotatable bonds is 6. The summed E-state index contributed by atoms with van der Waals surface area (Å²) in [4.78, 5) is 13.2. The molecule has 5 nitrogen and oxygen atoms in total. The number of carbonyl (C=O) groups excluding carboxylic acids is 1. The average Bonchev–Trinajstić information content (AvgIpc) is 3.43. The van der Waals surface area contributed by atoms with Crippen molar-refractivity contribution in [2.75, 3.05) is 23.0 Å². The van der Waals surface area contributed by atoms with Crippen LogP contribution in [0.3, 0.4) is 0 Å². The first-order valence-corrected chi connectivity index (χ1v) is 14.4. The second kappa shape index (κ2) is 10.1. The molecule has 1 aliphatic carbocycles. The topological polar surface area (TPSA) is 56.1 Å². The van der Waals surface area contributed by atoms with Crippen molar-refractivity contribution in [1.82, 2.24) is 15.1 Å². The molecule has 3 heterocycles. The minimum Gasteiger partial charge on any atom is -0.435 e. The smallest absolute Gasteiger partial charge is 0.387 e. The summed E-state index contributed by atoms with van der Waals surface area (Å²) in [6.45, 7) is -0.712. The van der Waals surface area contributed by atoms with Crippen LogP contribution in [0.4, 0.5) is 8.78 Å². The molecule has 1 aromatic heterocycles. The van der Waals surface area contributed by atoms with Gasteiger partial charge in [0.1, 0.15) is 5.75 Å². The number of nitrogens with zero attached hydrogens (tertiary/aromatic N) is 2. The van der Waals surface area contributed by atoms with Crippen molar-refractivity contribution in [2.45, 2.75) is 63.6 Å². The Morgan fingerprint density at radius 2 is 2.06 bits per heavy atom. The molecule has 2 aromatic rings. The Morgan fingerprint density at radius 3 is 2.79 bits per heavy atom. The van der Waals surface area contributed by atoms with Crippen molar-refractivity contribution in [3.63, 3.8) is 0 Å². The number of hydrogen-bond acceptors (Lipinski definition) is 5. The Balaban J connectivity index is 1.45. The molecule has 2 atom stereocenters. The van der Waals surface area contributed by atoms with Crippen molar-refractivity contribution in [1.29, 1.82) is 0 Å². The lowest BCUT2D eigenvalue weighted by Gasteiger charge is -2.31. The molecule has 0 spiro atoms. The Hall–Kier alpha value is -1.74. The monoisotopic (exact) mass is 507 g/mol. The second-order valence-corrected chi connectivity index (χ2v) is 12.1. The van der Waals surface area contributed by atoms with Gasteiger partial charge in [-0.05, 0) is 68.4 Å². The van der Waals surface area contributed by atoms with Crippen LogP contribution in [0.2, 0.25) is 0 Å². The molecule has 1 amide bonds. The number of halogens is 2. The lowest BCUT2D eigenvalue weighted by molar-refractivity contribution is -0.127. The molecule has 1 aromatic carbocycles. The predicted octanol–water partition coefficient (Wildman–Crippen LogP) is 5.34. The number of thioether (sulfide) groups is 2. The minimum atomic E-state index is -2.86. The first-order valence-electron chi connectivity index (χ1n) is 12.0. The lowest BCUT2D eigenvalue weighted by atomic mass is 9.84. The van der Waals surface area contributed by atoms with E-state index in [9.17, 15) is 13.6 Å². The molecule has 1 N–H and O–H groups in total. The number of hydrogen-bond donors (Lipinski definition) is 1. The van der Waals surface area contributed by atoms with Gasteiger partial charge < -0.3 is 10.1 Å². The molecule has 0 saturated carbocycles. The summed E-state index contributed by atoms with van der Waals surface area (Å²) >= 11 is 3.87. The lowest BCUT2D eigenvalue weighted by Crippen LogP contribution is -2.49. The zero-order valence-electron chi connectivity index (χ0n) is 19.4. The molecule has 0 radical (unpaired) electrons. The van der Waals surface area contributed by atoms with Gasteiger partial charge in [0, 0.05) is 40.5 Å². The fourth-order valence-electron chi connectivity index (χ4n) is 5.31. The van der Waals surface area contributed by atoms with Gasteiger partial charge >= 0.3 is 6.61 Å². The highest BCUT2D eigenvalue weighted by Gasteiger charge is 2.37. The van der Waals surface area contributed by atoms with Gasteiger partial charge in [0.2, 0.25) is 5.91 Å². The van der Waals surface area contributed by atoms with E-state index in [0.717, 1.165) is 77.6 Å². The highest BCUT2D eigenvalue weighted by molar-refractivity contribution is 7.99. The Labute approximate surface area is 207 Å². The standard InChI is InChI=1S/C25H31F2N3O2S2/c1-25(9-12-34-15-25)28-23(31)17-5-6-20-21(14-17)30(18-7-10-33-11-8-18)29-22(20)16-3-2-4-19(13-16)32-24(26)27/h2-4,13,17-18,24H,5-12,14-15H2,1H3,(H,28,31). The number of alkyl halides is 2. The van der Waals surface area contributed by atoms with Crippen LogP contribution in [0.25, 0.3) is 11.3 Å². The van der Waals surface area contributed by atoms with Gasteiger partial charge in [0.05, 0.1) is 11.7 Å². The van der Waals surface area contributed by atoms with Gasteiger partial charge in [-0.25, -0.2) is 0 Å². The Bertz CT molecular complexity index is 1030. The van der Waals surface area contributed by atoms with Crippen LogP contribution in [0.1, 0.15) is 49.9 Å². The molecular weight excluding hydrogens is 476 g/mol. The van der Waals surface area contributed by atoms with E-state index in [1.807, 2.05) is 29.6 Å². The van der Waals surface area contributed by atoms with Crippen LogP contribution in [-0.2, 0) is 17.6 Å². The van der Waals surface area contributed by atoms with Crippen LogP contribution >= 0.6 is 23.5 Å². The SMILES string of the molecule is CC1(NC(=O)C2CCc3c(-c4cccc(OC(F)F)c4)nn(C4CCSCC4)c3C2)CCSC1. The van der Waals surface area contributed by atoms with Gasteiger partial charge in [-0.15, -0.1) is 0 Å². The van der Waals surface area contributed by atoms with E-state index in [2.05, 4.69) is 21.7 Å². The van der Waals surface area contributed by atoms with Crippen molar-refractivity contribution in [3.8, 4) is 17.0 Å². The number of carbonyl (C=O) groups is 1. The highest BCUT2D eigenvalue weighted by Crippen LogP contribution is 2.39. The zero-order chi connectivity index (χ0) is 23.7. The fraction of sp³-hybridized carbons (Fsp3) is 0.600. The molecule has 2 saturated heterocycles. The van der Waals surface area contributed by atoms with E-state index in [1.54, 1.807) is 18.2 Å². The maximum absolute atomic E-state index is 13.2. The van der Waals surface area contributed by atoms with E-state index < -0.39 is 6.61 Å². The van der Waals surface area contributed by atoms with Gasteiger partial charge in [-0.2, -0.15) is 37.4 Å². The van der Waals surface area contributed by atoms with Crippen molar-refractivity contribution in [3.05, 3.63) is 35.5 Å². The fourth-order valence-corrected chi connectivity index (χ4v) is 7.80. The third-order valence-electron chi connectivity index (χ3n) is 7.18. The van der Waals surface area contributed by atoms with E-state index in [1.165, 1.54) is 0 Å². The maximum Gasteiger partial charge on any atom is 0.387 e. The Morgan fingerprint density at radius 1 is 1.24 bits per heavy atom. The van der Waals surface area contributed by atoms with Crippen LogP contribution < -0.4 is 10.1 Å². The molecule has 3 aliphatic rings. The van der Waals surface area contributed by atoms with Crippen LogP contribution in [-0.4, -0.2) is 50.8 Å². The number of fused-ring (bicyclic) bond motifs is 1. The maximum atomic E-state index is 13.2. The number of ether oxygens (including phenoxy) is 1. The molecule has 0 bridgehead atoms. The van der Waals surface area contributed by atoms with E-state index in [-0.39, 0.29) is 23.1 Å². The molecule has 2 aliphatic heterocycles. The Kier molecular flexibility index (Phi) is 7.12. The number of aromatic nitrogens is 2. The highest BCUT2D eigenvalue weighted by atomic mass is 32.2. The van der Waals surface area contributed by atoms with Crippen LogP contribution in [0.5, 0.6) is 5.75 Å². The van der Waals surface area contributed by atoms with Crippen LogP contribution in [0.15, 0.2) is 24.3 Å². The third-order valence-corrected chi connectivity index (χ3v) is 9.57. The quantitative estimate of drug-likeness (QED) is 0.572. The molecule has 2 fully saturated rings. The number of benzene rings is 1. The molecule has 34 heavy (non-hydrogen) atoms. The second-order valence-electron chi connectivity index (χ2n) is 9.76. The van der Waals surface area contributed by atoms with Gasteiger partial charge in [-0.1, -0.05) is 12.1 Å². The molecule has 5 rings (SSSR count). The first kappa shape index (κ1) is 24.0. The van der Waals surface area contributed by atoms with E-state index in [4.69, 9.17) is 5.10 Å². The largest absolute Gasteiger partial charge is 0.435 e. The normalized spacial score (nSPS) is 25.4. The predicted molar refractivity (Wildman–Crippen MR) is 134 cm³/mol. The van der Waals surface area contributed by atoms with Crippen LogP contribution in [0, 0.1) is 5.92 Å². The number of amides is 1.